The molecule has 0 radical (unpaired) electrons. The molecular formula is C18H27N3O3. The first kappa shape index (κ1) is 18.3. The van der Waals surface area contributed by atoms with Gasteiger partial charge in [-0.2, -0.15) is 0 Å². The molecule has 6 nitrogen and oxygen atoms in total. The molecular weight excluding hydrogens is 306 g/mol. The first-order valence-electron chi connectivity index (χ1n) is 8.50. The van der Waals surface area contributed by atoms with Crippen molar-refractivity contribution in [1.29, 1.82) is 0 Å². The predicted molar refractivity (Wildman–Crippen MR) is 93.8 cm³/mol. The van der Waals surface area contributed by atoms with Gasteiger partial charge >= 0.3 is 0 Å². The Hall–Kier alpha value is -2.08. The van der Waals surface area contributed by atoms with Crippen LogP contribution in [0.2, 0.25) is 0 Å². The monoisotopic (exact) mass is 333 g/mol. The highest BCUT2D eigenvalue weighted by atomic mass is 16.5. The first-order chi connectivity index (χ1) is 11.5. The van der Waals surface area contributed by atoms with Crippen LogP contribution in [-0.2, 0) is 9.59 Å². The maximum absolute atomic E-state index is 12.4. The van der Waals surface area contributed by atoms with Gasteiger partial charge in [0.05, 0.1) is 13.7 Å². The second kappa shape index (κ2) is 8.68. The molecule has 6 heteroatoms. The molecule has 0 aliphatic heterocycles. The zero-order valence-electron chi connectivity index (χ0n) is 14.5. The lowest BCUT2D eigenvalue weighted by molar-refractivity contribution is -0.135. The Morgan fingerprint density at radius 2 is 2.17 bits per heavy atom. The lowest BCUT2D eigenvalue weighted by Gasteiger charge is -2.23. The third kappa shape index (κ3) is 4.96. The number of rotatable bonds is 7. The summed E-state index contributed by atoms with van der Waals surface area (Å²) in [5, 5.41) is 2.80. The number of nitrogens with two attached hydrogens (primary N) is 1. The van der Waals surface area contributed by atoms with Gasteiger partial charge in [0.2, 0.25) is 11.8 Å². The molecule has 132 valence electrons. The molecule has 0 spiro atoms. The highest BCUT2D eigenvalue weighted by Crippen LogP contribution is 2.27. The molecule has 1 saturated carbocycles. The van der Waals surface area contributed by atoms with Gasteiger partial charge < -0.3 is 20.7 Å². The van der Waals surface area contributed by atoms with Crippen LogP contribution < -0.4 is 15.8 Å². The van der Waals surface area contributed by atoms with E-state index in [1.54, 1.807) is 30.2 Å². The van der Waals surface area contributed by atoms with Gasteiger partial charge in [0.15, 0.2) is 0 Å². The average molecular weight is 333 g/mol. The van der Waals surface area contributed by atoms with Crippen molar-refractivity contribution in [2.45, 2.75) is 38.6 Å². The number of benzene rings is 1. The van der Waals surface area contributed by atoms with E-state index >= 15 is 0 Å². The molecule has 0 heterocycles. The third-order valence-electron chi connectivity index (χ3n) is 4.58. The van der Waals surface area contributed by atoms with E-state index in [4.69, 9.17) is 10.5 Å². The minimum atomic E-state index is -0.214. The van der Waals surface area contributed by atoms with Crippen molar-refractivity contribution < 1.29 is 14.3 Å². The summed E-state index contributed by atoms with van der Waals surface area (Å²) in [6.45, 7) is 2.44. The summed E-state index contributed by atoms with van der Waals surface area (Å²) in [6.07, 6.45) is 3.50. The van der Waals surface area contributed by atoms with Crippen LogP contribution in [0, 0.1) is 5.92 Å². The van der Waals surface area contributed by atoms with Crippen molar-refractivity contribution in [1.82, 2.24) is 4.90 Å². The zero-order valence-corrected chi connectivity index (χ0v) is 14.5. The molecule has 2 atom stereocenters. The lowest BCUT2D eigenvalue weighted by atomic mass is 9.99. The SMILES string of the molecule is CCN(CC(=O)Nc1cccc(OC)c1)C(=O)C[C@@H]1CCC[C@H]1N. The van der Waals surface area contributed by atoms with E-state index in [9.17, 15) is 9.59 Å². The Morgan fingerprint density at radius 3 is 2.79 bits per heavy atom. The summed E-state index contributed by atoms with van der Waals surface area (Å²) in [5.41, 5.74) is 6.69. The molecule has 1 aromatic rings. The van der Waals surface area contributed by atoms with Crippen molar-refractivity contribution in [3.63, 3.8) is 0 Å². The third-order valence-corrected chi connectivity index (χ3v) is 4.58. The minimum Gasteiger partial charge on any atom is -0.497 e. The number of carbonyl (C=O) groups excluding carboxylic acids is 2. The Balaban J connectivity index is 1.88. The number of likely N-dealkylation sites (N-methyl/N-ethyl adjacent to an activating group) is 1. The van der Waals surface area contributed by atoms with Crippen molar-refractivity contribution in [3.05, 3.63) is 24.3 Å². The number of hydrogen-bond donors (Lipinski definition) is 2. The molecule has 0 bridgehead atoms. The molecule has 0 saturated heterocycles. The van der Waals surface area contributed by atoms with Crippen molar-refractivity contribution in [2.24, 2.45) is 11.7 Å². The van der Waals surface area contributed by atoms with Gasteiger partial charge in [0.1, 0.15) is 5.75 Å². The van der Waals surface area contributed by atoms with Crippen LogP contribution in [0.3, 0.4) is 0 Å². The Morgan fingerprint density at radius 1 is 1.38 bits per heavy atom. The van der Waals surface area contributed by atoms with Gasteiger partial charge in [0, 0.05) is 30.8 Å². The number of hydrogen-bond acceptors (Lipinski definition) is 4. The molecule has 2 amide bonds. The minimum absolute atomic E-state index is 0.000595. The largest absolute Gasteiger partial charge is 0.497 e. The van der Waals surface area contributed by atoms with Gasteiger partial charge in [-0.25, -0.2) is 0 Å². The molecule has 1 aromatic carbocycles. The van der Waals surface area contributed by atoms with Gasteiger partial charge in [-0.15, -0.1) is 0 Å². The normalized spacial score (nSPS) is 19.8. The number of nitrogens with zero attached hydrogens (tertiary/aromatic N) is 1. The average Bonchev–Trinajstić information content (AvgIpc) is 2.97. The van der Waals surface area contributed by atoms with Crippen molar-refractivity contribution in [3.8, 4) is 5.75 Å². The second-order valence-electron chi connectivity index (χ2n) is 6.25. The molecule has 2 rings (SSSR count). The quantitative estimate of drug-likeness (QED) is 0.799. The number of ether oxygens (including phenoxy) is 1. The van der Waals surface area contributed by atoms with Crippen LogP contribution in [0.25, 0.3) is 0 Å². The number of carbonyl (C=O) groups is 2. The Labute approximate surface area is 143 Å². The van der Waals surface area contributed by atoms with E-state index in [1.807, 2.05) is 13.0 Å². The number of methoxy groups -OCH3 is 1. The van der Waals surface area contributed by atoms with E-state index in [0.29, 0.717) is 24.4 Å². The van der Waals surface area contributed by atoms with E-state index < -0.39 is 0 Å². The fourth-order valence-corrected chi connectivity index (χ4v) is 3.12. The van der Waals surface area contributed by atoms with Crippen molar-refractivity contribution >= 4 is 17.5 Å². The second-order valence-corrected chi connectivity index (χ2v) is 6.25. The summed E-state index contributed by atoms with van der Waals surface area (Å²) in [7, 11) is 1.58. The summed E-state index contributed by atoms with van der Waals surface area (Å²) in [6, 6.07) is 7.25. The number of amides is 2. The Bertz CT molecular complexity index is 576. The zero-order chi connectivity index (χ0) is 17.5. The van der Waals surface area contributed by atoms with Gasteiger partial charge in [-0.05, 0) is 37.8 Å². The number of nitrogens with one attached hydrogen (secondary N) is 1. The van der Waals surface area contributed by atoms with E-state index in [-0.39, 0.29) is 30.3 Å². The van der Waals surface area contributed by atoms with Gasteiger partial charge in [-0.3, -0.25) is 9.59 Å². The van der Waals surface area contributed by atoms with Crippen LogP contribution in [0.5, 0.6) is 5.75 Å². The number of anilines is 1. The van der Waals surface area contributed by atoms with Crippen LogP contribution in [0.15, 0.2) is 24.3 Å². The topological polar surface area (TPSA) is 84.7 Å². The smallest absolute Gasteiger partial charge is 0.243 e. The maximum atomic E-state index is 12.4. The molecule has 1 aliphatic rings. The van der Waals surface area contributed by atoms with E-state index in [0.717, 1.165) is 19.3 Å². The van der Waals surface area contributed by atoms with E-state index in [1.165, 1.54) is 0 Å². The Kier molecular flexibility index (Phi) is 6.61. The summed E-state index contributed by atoms with van der Waals surface area (Å²) < 4.78 is 5.13. The van der Waals surface area contributed by atoms with Crippen molar-refractivity contribution in [2.75, 3.05) is 25.5 Å². The molecule has 3 N–H and O–H groups in total. The summed E-state index contributed by atoms with van der Waals surface area (Å²) in [5.74, 6) is 0.703. The lowest BCUT2D eigenvalue weighted by Crippen LogP contribution is -2.40. The fraction of sp³-hybridized carbons (Fsp3) is 0.556. The van der Waals surface area contributed by atoms with Crippen LogP contribution >= 0.6 is 0 Å². The predicted octanol–water partition coefficient (Wildman–Crippen LogP) is 2.00. The van der Waals surface area contributed by atoms with E-state index in [2.05, 4.69) is 5.32 Å². The fourth-order valence-electron chi connectivity index (χ4n) is 3.12. The van der Waals surface area contributed by atoms with Gasteiger partial charge in [-0.1, -0.05) is 12.5 Å². The molecule has 1 fully saturated rings. The standard InChI is InChI=1S/C18H27N3O3/c1-3-21(18(23)10-13-6-4-9-16(13)19)12-17(22)20-14-7-5-8-15(11-14)24-2/h5,7-8,11,13,16H,3-4,6,9-10,12,19H2,1-2H3,(H,20,22)/t13-,16+/m0/s1. The highest BCUT2D eigenvalue weighted by Gasteiger charge is 2.28. The van der Waals surface area contributed by atoms with Gasteiger partial charge in [0.25, 0.3) is 0 Å². The molecule has 24 heavy (non-hydrogen) atoms. The van der Waals surface area contributed by atoms with Crippen LogP contribution in [0.4, 0.5) is 5.69 Å². The molecule has 0 unspecified atom stereocenters. The molecule has 1 aliphatic carbocycles. The summed E-state index contributed by atoms with van der Waals surface area (Å²) in [4.78, 5) is 26.2. The maximum Gasteiger partial charge on any atom is 0.243 e. The first-order valence-corrected chi connectivity index (χ1v) is 8.50. The highest BCUT2D eigenvalue weighted by molar-refractivity contribution is 5.94. The van der Waals surface area contributed by atoms with Crippen LogP contribution in [0.1, 0.15) is 32.6 Å². The molecule has 0 aromatic heterocycles. The summed E-state index contributed by atoms with van der Waals surface area (Å²) >= 11 is 0. The van der Waals surface area contributed by atoms with Crippen LogP contribution in [-0.4, -0.2) is 43.0 Å².